The number of H-pyrrole nitrogens is 1. The fraction of sp³-hybridized carbons (Fsp3) is 0.286. The Labute approximate surface area is 128 Å². The molecule has 0 amide bonds. The molecule has 0 saturated carbocycles. The predicted molar refractivity (Wildman–Crippen MR) is 81.6 cm³/mol. The molecule has 0 atom stereocenters. The highest BCUT2D eigenvalue weighted by Gasteiger charge is 2.22. The molecule has 3 nitrogen and oxygen atoms in total. The highest BCUT2D eigenvalue weighted by Crippen LogP contribution is 2.25. The molecule has 1 N–H and O–H groups in total. The molecule has 2 aromatic rings. The standard InChI is InChI=1S/C14H13F2IN2O/c1-14(2,3)11-10(17)13(20)19-12(18-11)7-4-5-8(15)9(16)6-7/h4-6H,1-3H3,(H,18,19,20). The van der Waals surface area contributed by atoms with Crippen molar-refractivity contribution in [1.29, 1.82) is 0 Å². The molecule has 1 heterocycles. The Balaban J connectivity index is 2.67. The van der Waals surface area contributed by atoms with E-state index >= 15 is 0 Å². The van der Waals surface area contributed by atoms with Crippen LogP contribution in [0.4, 0.5) is 8.78 Å². The second-order valence-electron chi connectivity index (χ2n) is 5.46. The Morgan fingerprint density at radius 1 is 1.20 bits per heavy atom. The topological polar surface area (TPSA) is 45.8 Å². The quantitative estimate of drug-likeness (QED) is 0.757. The van der Waals surface area contributed by atoms with Crippen molar-refractivity contribution >= 4 is 22.6 Å². The molecule has 1 aromatic heterocycles. The van der Waals surface area contributed by atoms with Crippen LogP contribution in [0.15, 0.2) is 23.0 Å². The number of rotatable bonds is 1. The molecular formula is C14H13F2IN2O. The number of aromatic nitrogens is 2. The summed E-state index contributed by atoms with van der Waals surface area (Å²) in [7, 11) is 0. The maximum atomic E-state index is 13.3. The zero-order valence-corrected chi connectivity index (χ0v) is 13.4. The third-order valence-electron chi connectivity index (χ3n) is 2.77. The van der Waals surface area contributed by atoms with Crippen LogP contribution in [-0.4, -0.2) is 9.97 Å². The lowest BCUT2D eigenvalue weighted by molar-refractivity contribution is 0.509. The molecule has 0 unspecified atom stereocenters. The van der Waals surface area contributed by atoms with Gasteiger partial charge in [-0.15, -0.1) is 0 Å². The van der Waals surface area contributed by atoms with Crippen LogP contribution in [0.2, 0.25) is 0 Å². The van der Waals surface area contributed by atoms with Crippen molar-refractivity contribution in [3.63, 3.8) is 0 Å². The van der Waals surface area contributed by atoms with Gasteiger partial charge in [0.25, 0.3) is 5.56 Å². The van der Waals surface area contributed by atoms with Crippen LogP contribution >= 0.6 is 22.6 Å². The molecule has 6 heteroatoms. The molecule has 0 saturated heterocycles. The number of nitrogens with one attached hydrogen (secondary N) is 1. The lowest BCUT2D eigenvalue weighted by Gasteiger charge is -2.19. The van der Waals surface area contributed by atoms with Crippen LogP contribution in [0, 0.1) is 15.2 Å². The smallest absolute Gasteiger partial charge is 0.264 e. The Bertz CT molecular complexity index is 720. The largest absolute Gasteiger partial charge is 0.306 e. The molecule has 106 valence electrons. The first-order valence-electron chi connectivity index (χ1n) is 5.96. The van der Waals surface area contributed by atoms with Crippen LogP contribution in [-0.2, 0) is 5.41 Å². The molecule has 0 spiro atoms. The minimum absolute atomic E-state index is 0.235. The third kappa shape index (κ3) is 2.89. The maximum Gasteiger partial charge on any atom is 0.264 e. The summed E-state index contributed by atoms with van der Waals surface area (Å²) in [6.45, 7) is 5.81. The van der Waals surface area contributed by atoms with E-state index in [-0.39, 0.29) is 16.8 Å². The van der Waals surface area contributed by atoms with Gasteiger partial charge in [-0.2, -0.15) is 0 Å². The summed E-state index contributed by atoms with van der Waals surface area (Å²) in [4.78, 5) is 18.9. The van der Waals surface area contributed by atoms with Gasteiger partial charge in [0.05, 0.1) is 5.69 Å². The number of benzene rings is 1. The van der Waals surface area contributed by atoms with E-state index in [1.54, 1.807) is 0 Å². The second kappa shape index (κ2) is 5.23. The average Bonchev–Trinajstić information content (AvgIpc) is 2.34. The van der Waals surface area contributed by atoms with Crippen molar-refractivity contribution in [2.75, 3.05) is 0 Å². The van der Waals surface area contributed by atoms with E-state index in [9.17, 15) is 13.6 Å². The van der Waals surface area contributed by atoms with Crippen molar-refractivity contribution in [2.45, 2.75) is 26.2 Å². The molecule has 0 radical (unpaired) electrons. The monoisotopic (exact) mass is 390 g/mol. The highest BCUT2D eigenvalue weighted by molar-refractivity contribution is 14.1. The highest BCUT2D eigenvalue weighted by atomic mass is 127. The van der Waals surface area contributed by atoms with Crippen LogP contribution < -0.4 is 5.56 Å². The van der Waals surface area contributed by atoms with Gasteiger partial charge in [0, 0.05) is 11.0 Å². The Morgan fingerprint density at radius 3 is 2.40 bits per heavy atom. The van der Waals surface area contributed by atoms with Gasteiger partial charge in [-0.25, -0.2) is 13.8 Å². The zero-order valence-electron chi connectivity index (χ0n) is 11.2. The van der Waals surface area contributed by atoms with Crippen LogP contribution in [0.25, 0.3) is 11.4 Å². The first-order valence-corrected chi connectivity index (χ1v) is 7.04. The molecule has 0 aliphatic heterocycles. The molecular weight excluding hydrogens is 377 g/mol. The van der Waals surface area contributed by atoms with Gasteiger partial charge in [0.2, 0.25) is 0 Å². The first-order chi connectivity index (χ1) is 9.20. The van der Waals surface area contributed by atoms with Crippen molar-refractivity contribution in [3.8, 4) is 11.4 Å². The van der Waals surface area contributed by atoms with Crippen LogP contribution in [0.5, 0.6) is 0 Å². The summed E-state index contributed by atoms with van der Waals surface area (Å²) in [5, 5.41) is 0. The van der Waals surface area contributed by atoms with Crippen molar-refractivity contribution in [2.24, 2.45) is 0 Å². The molecule has 0 fully saturated rings. The van der Waals surface area contributed by atoms with E-state index in [4.69, 9.17) is 0 Å². The predicted octanol–water partition coefficient (Wildman–Crippen LogP) is 3.62. The van der Waals surface area contributed by atoms with Gasteiger partial charge in [-0.1, -0.05) is 20.8 Å². The van der Waals surface area contributed by atoms with E-state index in [2.05, 4.69) is 9.97 Å². The molecule has 0 aliphatic rings. The molecule has 0 bridgehead atoms. The van der Waals surface area contributed by atoms with Gasteiger partial charge in [0.1, 0.15) is 9.39 Å². The van der Waals surface area contributed by atoms with Crippen molar-refractivity contribution < 1.29 is 8.78 Å². The fourth-order valence-corrected chi connectivity index (χ4v) is 2.80. The SMILES string of the molecule is CC(C)(C)c1nc(-c2ccc(F)c(F)c2)[nH]c(=O)c1I. The molecule has 20 heavy (non-hydrogen) atoms. The molecule has 2 rings (SSSR count). The first kappa shape index (κ1) is 15.1. The van der Waals surface area contributed by atoms with Gasteiger partial charge in [-0.05, 0) is 40.8 Å². The number of halogens is 3. The van der Waals surface area contributed by atoms with E-state index in [0.717, 1.165) is 12.1 Å². The number of hydrogen-bond donors (Lipinski definition) is 1. The fourth-order valence-electron chi connectivity index (χ4n) is 1.74. The Hall–Kier alpha value is -1.31. The normalized spacial score (nSPS) is 11.7. The van der Waals surface area contributed by atoms with Gasteiger partial charge >= 0.3 is 0 Å². The third-order valence-corrected chi connectivity index (χ3v) is 3.77. The summed E-state index contributed by atoms with van der Waals surface area (Å²) in [5.74, 6) is -1.67. The summed E-state index contributed by atoms with van der Waals surface area (Å²) >= 11 is 1.94. The Kier molecular flexibility index (Phi) is 3.95. The zero-order chi connectivity index (χ0) is 15.1. The van der Waals surface area contributed by atoms with Crippen LogP contribution in [0.1, 0.15) is 26.5 Å². The molecule has 1 aromatic carbocycles. The van der Waals surface area contributed by atoms with Crippen molar-refractivity contribution in [3.05, 3.63) is 49.5 Å². The van der Waals surface area contributed by atoms with Gasteiger partial charge in [-0.3, -0.25) is 4.79 Å². The number of nitrogens with zero attached hydrogens (tertiary/aromatic N) is 1. The van der Waals surface area contributed by atoms with E-state index in [1.807, 2.05) is 43.4 Å². The minimum Gasteiger partial charge on any atom is -0.306 e. The van der Waals surface area contributed by atoms with Gasteiger partial charge in [0.15, 0.2) is 11.6 Å². The van der Waals surface area contributed by atoms with Crippen molar-refractivity contribution in [1.82, 2.24) is 9.97 Å². The second-order valence-corrected chi connectivity index (χ2v) is 6.53. The summed E-state index contributed by atoms with van der Waals surface area (Å²) in [6, 6.07) is 3.42. The minimum atomic E-state index is -0.971. The Morgan fingerprint density at radius 2 is 1.85 bits per heavy atom. The lowest BCUT2D eigenvalue weighted by atomic mass is 9.92. The average molecular weight is 390 g/mol. The summed E-state index contributed by atoms with van der Waals surface area (Å²) in [5.41, 5.74) is 0.354. The number of hydrogen-bond acceptors (Lipinski definition) is 2. The lowest BCUT2D eigenvalue weighted by Crippen LogP contribution is -2.24. The van der Waals surface area contributed by atoms with E-state index in [0.29, 0.717) is 14.8 Å². The number of aromatic amines is 1. The molecule has 0 aliphatic carbocycles. The van der Waals surface area contributed by atoms with E-state index in [1.165, 1.54) is 6.07 Å². The maximum absolute atomic E-state index is 13.3. The van der Waals surface area contributed by atoms with E-state index < -0.39 is 11.6 Å². The summed E-state index contributed by atoms with van der Waals surface area (Å²) < 4.78 is 26.7. The summed E-state index contributed by atoms with van der Waals surface area (Å²) in [6.07, 6.45) is 0. The van der Waals surface area contributed by atoms with Gasteiger partial charge < -0.3 is 4.98 Å². The van der Waals surface area contributed by atoms with Crippen LogP contribution in [0.3, 0.4) is 0 Å².